The SMILES string of the molecule is CCC/N=C(C)/C=C\C=C/NC. The van der Waals surface area contributed by atoms with Crippen LogP contribution in [0.5, 0.6) is 0 Å². The van der Waals surface area contributed by atoms with E-state index in [0.29, 0.717) is 0 Å². The van der Waals surface area contributed by atoms with Crippen LogP contribution < -0.4 is 5.32 Å². The third-order valence-corrected chi connectivity index (χ3v) is 1.30. The monoisotopic (exact) mass is 166 g/mol. The van der Waals surface area contributed by atoms with Crippen molar-refractivity contribution in [1.82, 2.24) is 5.32 Å². The third kappa shape index (κ3) is 7.06. The smallest absolute Gasteiger partial charge is 0.0389 e. The number of hydrogen-bond acceptors (Lipinski definition) is 2. The lowest BCUT2D eigenvalue weighted by Gasteiger charge is -1.89. The molecular weight excluding hydrogens is 148 g/mol. The van der Waals surface area contributed by atoms with Gasteiger partial charge in [0.1, 0.15) is 0 Å². The van der Waals surface area contributed by atoms with E-state index in [0.717, 1.165) is 18.7 Å². The molecule has 0 aromatic carbocycles. The van der Waals surface area contributed by atoms with Gasteiger partial charge in [0, 0.05) is 19.3 Å². The Bertz CT molecular complexity index is 178. The number of nitrogens with one attached hydrogen (secondary N) is 1. The van der Waals surface area contributed by atoms with Gasteiger partial charge in [0.25, 0.3) is 0 Å². The van der Waals surface area contributed by atoms with E-state index in [1.807, 2.05) is 38.4 Å². The molecule has 0 saturated carbocycles. The highest BCUT2D eigenvalue weighted by Crippen LogP contribution is 1.85. The lowest BCUT2D eigenvalue weighted by Crippen LogP contribution is -1.90. The van der Waals surface area contributed by atoms with Crippen molar-refractivity contribution in [2.24, 2.45) is 4.99 Å². The highest BCUT2D eigenvalue weighted by atomic mass is 14.8. The van der Waals surface area contributed by atoms with Crippen LogP contribution in [-0.2, 0) is 0 Å². The fraction of sp³-hybridized carbons (Fsp3) is 0.500. The lowest BCUT2D eigenvalue weighted by molar-refractivity contribution is 0.932. The summed E-state index contributed by atoms with van der Waals surface area (Å²) in [6.45, 7) is 5.06. The topological polar surface area (TPSA) is 24.4 Å². The molecule has 0 spiro atoms. The van der Waals surface area contributed by atoms with Gasteiger partial charge in [0.05, 0.1) is 0 Å². The zero-order valence-corrected chi connectivity index (χ0v) is 8.17. The maximum Gasteiger partial charge on any atom is 0.0389 e. The summed E-state index contributed by atoms with van der Waals surface area (Å²) < 4.78 is 0. The molecule has 0 aromatic heterocycles. The zero-order valence-electron chi connectivity index (χ0n) is 8.17. The predicted octanol–water partition coefficient (Wildman–Crippen LogP) is 2.15. The Morgan fingerprint density at radius 3 is 2.75 bits per heavy atom. The predicted molar refractivity (Wildman–Crippen MR) is 55.6 cm³/mol. The molecule has 68 valence electrons. The molecule has 12 heavy (non-hydrogen) atoms. The summed E-state index contributed by atoms with van der Waals surface area (Å²) in [5, 5.41) is 2.91. The summed E-state index contributed by atoms with van der Waals surface area (Å²) in [4.78, 5) is 4.32. The molecule has 0 heterocycles. The van der Waals surface area contributed by atoms with Crippen molar-refractivity contribution in [1.29, 1.82) is 0 Å². The summed E-state index contributed by atoms with van der Waals surface area (Å²) in [5.41, 5.74) is 1.08. The van der Waals surface area contributed by atoms with Crippen molar-refractivity contribution in [3.05, 3.63) is 24.4 Å². The fourth-order valence-corrected chi connectivity index (χ4v) is 0.687. The van der Waals surface area contributed by atoms with Crippen LogP contribution in [0.25, 0.3) is 0 Å². The van der Waals surface area contributed by atoms with Crippen LogP contribution in [0, 0.1) is 0 Å². The van der Waals surface area contributed by atoms with E-state index in [1.165, 1.54) is 0 Å². The van der Waals surface area contributed by atoms with Crippen molar-refractivity contribution < 1.29 is 0 Å². The summed E-state index contributed by atoms with van der Waals surface area (Å²) in [6, 6.07) is 0. The minimum atomic E-state index is 0.923. The van der Waals surface area contributed by atoms with Crippen molar-refractivity contribution in [3.63, 3.8) is 0 Å². The van der Waals surface area contributed by atoms with E-state index in [9.17, 15) is 0 Å². The van der Waals surface area contributed by atoms with Crippen LogP contribution in [0.3, 0.4) is 0 Å². The summed E-state index contributed by atoms with van der Waals surface area (Å²) >= 11 is 0. The maximum atomic E-state index is 4.32. The average Bonchev–Trinajstić information content (AvgIpc) is 2.09. The molecule has 0 saturated heterocycles. The van der Waals surface area contributed by atoms with Crippen molar-refractivity contribution in [2.75, 3.05) is 13.6 Å². The molecule has 0 radical (unpaired) electrons. The van der Waals surface area contributed by atoms with Gasteiger partial charge >= 0.3 is 0 Å². The van der Waals surface area contributed by atoms with E-state index < -0.39 is 0 Å². The molecule has 0 rings (SSSR count). The Morgan fingerprint density at radius 1 is 1.42 bits per heavy atom. The van der Waals surface area contributed by atoms with Gasteiger partial charge in [-0.2, -0.15) is 0 Å². The standard InChI is InChI=1S/C10H18N2/c1-4-8-12-10(2)7-5-6-9-11-3/h5-7,9,11H,4,8H2,1-3H3/b7-5-,9-6-,12-10+. The third-order valence-electron chi connectivity index (χ3n) is 1.30. The largest absolute Gasteiger partial charge is 0.394 e. The molecule has 0 fully saturated rings. The van der Waals surface area contributed by atoms with Crippen molar-refractivity contribution in [2.45, 2.75) is 20.3 Å². The Morgan fingerprint density at radius 2 is 2.17 bits per heavy atom. The molecule has 0 aliphatic heterocycles. The lowest BCUT2D eigenvalue weighted by atomic mass is 10.3. The molecule has 0 aromatic rings. The molecule has 0 bridgehead atoms. The molecule has 1 N–H and O–H groups in total. The van der Waals surface area contributed by atoms with Crippen molar-refractivity contribution >= 4 is 5.71 Å². The van der Waals surface area contributed by atoms with Gasteiger partial charge in [-0.1, -0.05) is 13.0 Å². The second-order valence-electron chi connectivity index (χ2n) is 2.53. The Balaban J connectivity index is 3.73. The number of nitrogens with zero attached hydrogens (tertiary/aromatic N) is 1. The first-order valence-corrected chi connectivity index (χ1v) is 4.32. The number of rotatable bonds is 5. The van der Waals surface area contributed by atoms with Gasteiger partial charge in [-0.25, -0.2) is 0 Å². The molecule has 2 heteroatoms. The molecular formula is C10H18N2. The minimum Gasteiger partial charge on any atom is -0.394 e. The Hall–Kier alpha value is -1.05. The molecule has 0 atom stereocenters. The number of allylic oxidation sites excluding steroid dienone is 3. The van der Waals surface area contributed by atoms with Gasteiger partial charge in [-0.05, 0) is 31.7 Å². The summed E-state index contributed by atoms with van der Waals surface area (Å²) in [5.74, 6) is 0. The van der Waals surface area contributed by atoms with E-state index in [1.54, 1.807) is 0 Å². The minimum absolute atomic E-state index is 0.923. The van der Waals surface area contributed by atoms with Crippen LogP contribution in [0.15, 0.2) is 29.4 Å². The Kier molecular flexibility index (Phi) is 7.35. The normalized spacial score (nSPS) is 13.1. The van der Waals surface area contributed by atoms with Gasteiger partial charge in [-0.3, -0.25) is 4.99 Å². The van der Waals surface area contributed by atoms with Crippen LogP contribution in [0.4, 0.5) is 0 Å². The van der Waals surface area contributed by atoms with E-state index in [-0.39, 0.29) is 0 Å². The number of aliphatic imine (C=N–C) groups is 1. The Labute approximate surface area is 75.1 Å². The van der Waals surface area contributed by atoms with Crippen LogP contribution in [0.1, 0.15) is 20.3 Å². The first-order valence-electron chi connectivity index (χ1n) is 4.32. The first-order chi connectivity index (χ1) is 5.81. The highest BCUT2D eigenvalue weighted by molar-refractivity contribution is 5.92. The maximum absolute atomic E-state index is 4.32. The second kappa shape index (κ2) is 8.05. The fourth-order valence-electron chi connectivity index (χ4n) is 0.687. The first kappa shape index (κ1) is 11.0. The highest BCUT2D eigenvalue weighted by Gasteiger charge is 1.79. The van der Waals surface area contributed by atoms with Crippen LogP contribution in [0.2, 0.25) is 0 Å². The van der Waals surface area contributed by atoms with E-state index in [4.69, 9.17) is 0 Å². The number of hydrogen-bond donors (Lipinski definition) is 1. The van der Waals surface area contributed by atoms with Gasteiger partial charge < -0.3 is 5.32 Å². The van der Waals surface area contributed by atoms with Gasteiger partial charge in [0.2, 0.25) is 0 Å². The van der Waals surface area contributed by atoms with E-state index >= 15 is 0 Å². The summed E-state index contributed by atoms with van der Waals surface area (Å²) in [7, 11) is 1.88. The summed E-state index contributed by atoms with van der Waals surface area (Å²) in [6.07, 6.45) is 8.92. The van der Waals surface area contributed by atoms with Gasteiger partial charge in [0.15, 0.2) is 0 Å². The molecule has 0 unspecified atom stereocenters. The van der Waals surface area contributed by atoms with Crippen molar-refractivity contribution in [3.8, 4) is 0 Å². The quantitative estimate of drug-likeness (QED) is 0.491. The second-order valence-corrected chi connectivity index (χ2v) is 2.53. The molecule has 0 aliphatic rings. The molecule has 2 nitrogen and oxygen atoms in total. The van der Waals surface area contributed by atoms with Gasteiger partial charge in [-0.15, -0.1) is 0 Å². The molecule has 0 amide bonds. The average molecular weight is 166 g/mol. The van der Waals surface area contributed by atoms with Crippen LogP contribution >= 0.6 is 0 Å². The zero-order chi connectivity index (χ0) is 9.23. The molecule has 0 aliphatic carbocycles. The van der Waals surface area contributed by atoms with Crippen LogP contribution in [-0.4, -0.2) is 19.3 Å². The van der Waals surface area contributed by atoms with E-state index in [2.05, 4.69) is 17.2 Å².